The first-order chi connectivity index (χ1) is 8.22. The molecule has 0 fully saturated rings. The lowest BCUT2D eigenvalue weighted by Gasteiger charge is -2.09. The van der Waals surface area contributed by atoms with Gasteiger partial charge in [0, 0.05) is 13.6 Å². The van der Waals surface area contributed by atoms with Crippen LogP contribution in [0.5, 0.6) is 0 Å². The summed E-state index contributed by atoms with van der Waals surface area (Å²) in [5.41, 5.74) is 1.30. The number of carbonyl (C=O) groups excluding carboxylic acids is 1. The summed E-state index contributed by atoms with van der Waals surface area (Å²) in [6, 6.07) is 9.43. The number of rotatable bonds is 2. The summed E-state index contributed by atoms with van der Waals surface area (Å²) in [5.74, 6) is 0.312. The van der Waals surface area contributed by atoms with E-state index < -0.39 is 0 Å². The van der Waals surface area contributed by atoms with E-state index >= 15 is 0 Å². The van der Waals surface area contributed by atoms with Gasteiger partial charge in [-0.05, 0) is 18.2 Å². The maximum Gasteiger partial charge on any atom is 0.259 e. The van der Waals surface area contributed by atoms with Crippen LogP contribution in [0.4, 0.5) is 5.69 Å². The predicted molar refractivity (Wildman–Crippen MR) is 66.3 cm³/mol. The molecule has 0 spiro atoms. The van der Waals surface area contributed by atoms with Gasteiger partial charge in [-0.1, -0.05) is 18.2 Å². The molecule has 1 heterocycles. The number of methoxy groups -OCH3 is 1. The largest absolute Gasteiger partial charge is 0.480 e. The lowest BCUT2D eigenvalue weighted by atomic mass is 10.2. The summed E-state index contributed by atoms with van der Waals surface area (Å²) in [7, 11) is 3.27. The number of ether oxygens (including phenoxy) is 1. The fourth-order valence-electron chi connectivity index (χ4n) is 1.62. The van der Waals surface area contributed by atoms with Crippen LogP contribution in [0.2, 0.25) is 0 Å². The van der Waals surface area contributed by atoms with E-state index in [0.29, 0.717) is 18.0 Å². The van der Waals surface area contributed by atoms with Crippen molar-refractivity contribution < 1.29 is 9.53 Å². The maximum absolute atomic E-state index is 11.8. The van der Waals surface area contributed by atoms with Crippen LogP contribution in [0.15, 0.2) is 47.0 Å². The van der Waals surface area contributed by atoms with Gasteiger partial charge < -0.3 is 9.64 Å². The molecule has 17 heavy (non-hydrogen) atoms. The van der Waals surface area contributed by atoms with Crippen molar-refractivity contribution >= 4 is 17.5 Å². The van der Waals surface area contributed by atoms with Crippen molar-refractivity contribution in [3.63, 3.8) is 0 Å². The molecule has 0 aliphatic carbocycles. The Labute approximate surface area is 100 Å². The molecule has 1 aliphatic rings. The van der Waals surface area contributed by atoms with E-state index in [9.17, 15) is 4.79 Å². The molecule has 1 amide bonds. The predicted octanol–water partition coefficient (Wildman–Crippen LogP) is 1.76. The summed E-state index contributed by atoms with van der Waals surface area (Å²) in [4.78, 5) is 17.7. The highest BCUT2D eigenvalue weighted by Crippen LogP contribution is 2.17. The minimum Gasteiger partial charge on any atom is -0.480 e. The number of hydrogen-bond acceptors (Lipinski definition) is 3. The molecular formula is C13H14N2O2. The van der Waals surface area contributed by atoms with Crippen LogP contribution in [0.1, 0.15) is 0 Å². The zero-order valence-corrected chi connectivity index (χ0v) is 9.88. The van der Waals surface area contributed by atoms with Gasteiger partial charge in [-0.15, -0.1) is 0 Å². The summed E-state index contributed by atoms with van der Waals surface area (Å²) in [5, 5.41) is 0. The Hall–Kier alpha value is -2.10. The van der Waals surface area contributed by atoms with Crippen molar-refractivity contribution in [3.05, 3.63) is 42.0 Å². The monoisotopic (exact) mass is 230 g/mol. The first-order valence-corrected chi connectivity index (χ1v) is 5.36. The maximum atomic E-state index is 11.8. The van der Waals surface area contributed by atoms with E-state index in [1.54, 1.807) is 11.9 Å². The summed E-state index contributed by atoms with van der Waals surface area (Å²) < 4.78 is 5.19. The van der Waals surface area contributed by atoms with Crippen LogP contribution in [-0.4, -0.2) is 37.4 Å². The molecule has 0 unspecified atom stereocenters. The van der Waals surface area contributed by atoms with Crippen molar-refractivity contribution in [1.82, 2.24) is 4.90 Å². The minimum absolute atomic E-state index is 0.0541. The molecule has 0 N–H and O–H groups in total. The zero-order chi connectivity index (χ0) is 12.3. The number of hydrogen-bond donors (Lipinski definition) is 0. The Balaban J connectivity index is 2.29. The molecule has 1 aliphatic heterocycles. The van der Waals surface area contributed by atoms with Crippen LogP contribution in [0.3, 0.4) is 0 Å². The smallest absolute Gasteiger partial charge is 0.259 e. The van der Waals surface area contributed by atoms with E-state index in [-0.39, 0.29) is 5.91 Å². The van der Waals surface area contributed by atoms with Gasteiger partial charge in [0.05, 0.1) is 18.4 Å². The van der Waals surface area contributed by atoms with Gasteiger partial charge in [0.1, 0.15) is 0 Å². The molecule has 0 saturated carbocycles. The molecule has 4 nitrogen and oxygen atoms in total. The third kappa shape index (κ3) is 2.36. The zero-order valence-electron chi connectivity index (χ0n) is 9.88. The van der Waals surface area contributed by atoms with Crippen LogP contribution in [-0.2, 0) is 9.53 Å². The van der Waals surface area contributed by atoms with E-state index in [0.717, 1.165) is 5.69 Å². The molecule has 1 aromatic carbocycles. The molecule has 4 heteroatoms. The van der Waals surface area contributed by atoms with Crippen molar-refractivity contribution in [3.8, 4) is 0 Å². The molecule has 2 rings (SSSR count). The second kappa shape index (κ2) is 4.82. The van der Waals surface area contributed by atoms with Crippen molar-refractivity contribution in [2.24, 2.45) is 4.99 Å². The number of likely N-dealkylation sites (N-methyl/N-ethyl adjacent to an activating group) is 1. The van der Waals surface area contributed by atoms with E-state index in [1.807, 2.05) is 36.4 Å². The van der Waals surface area contributed by atoms with E-state index in [2.05, 4.69) is 4.99 Å². The molecule has 88 valence electrons. The van der Waals surface area contributed by atoms with Gasteiger partial charge >= 0.3 is 0 Å². The number of carbonyl (C=O) groups is 1. The van der Waals surface area contributed by atoms with Gasteiger partial charge in [-0.25, -0.2) is 4.99 Å². The lowest BCUT2D eigenvalue weighted by molar-refractivity contribution is -0.123. The summed E-state index contributed by atoms with van der Waals surface area (Å²) in [6.45, 7) is 0.603. The molecular weight excluding hydrogens is 216 g/mol. The topological polar surface area (TPSA) is 41.9 Å². The molecule has 0 atom stereocenters. The van der Waals surface area contributed by atoms with Crippen LogP contribution in [0.25, 0.3) is 0 Å². The SMILES string of the molecule is COC(=Nc1ccccc1)C1=CCN(C)C1=O. The Bertz CT molecular complexity index is 477. The van der Waals surface area contributed by atoms with E-state index in [4.69, 9.17) is 4.74 Å². The van der Waals surface area contributed by atoms with Crippen LogP contribution in [0, 0.1) is 0 Å². The second-order valence-corrected chi connectivity index (χ2v) is 3.76. The second-order valence-electron chi connectivity index (χ2n) is 3.76. The van der Waals surface area contributed by atoms with Gasteiger partial charge in [0.25, 0.3) is 5.91 Å². The quantitative estimate of drug-likeness (QED) is 0.574. The summed E-state index contributed by atoms with van der Waals surface area (Å²) >= 11 is 0. The minimum atomic E-state index is -0.0541. The Morgan fingerprint density at radius 3 is 2.59 bits per heavy atom. The van der Waals surface area contributed by atoms with Gasteiger partial charge in [-0.3, -0.25) is 4.79 Å². The standard InChI is InChI=1S/C13H14N2O2/c1-15-9-8-11(13(15)16)12(17-2)14-10-6-4-3-5-7-10/h3-8H,9H2,1-2H3. The fraction of sp³-hybridized carbons (Fsp3) is 0.231. The Morgan fingerprint density at radius 2 is 2.06 bits per heavy atom. The normalized spacial score (nSPS) is 16.1. The van der Waals surface area contributed by atoms with E-state index in [1.165, 1.54) is 7.11 Å². The summed E-state index contributed by atoms with van der Waals surface area (Å²) in [6.07, 6.45) is 1.83. The molecule has 1 aromatic rings. The lowest BCUT2D eigenvalue weighted by Crippen LogP contribution is -2.24. The van der Waals surface area contributed by atoms with Crippen molar-refractivity contribution in [2.45, 2.75) is 0 Å². The highest BCUT2D eigenvalue weighted by molar-refractivity contribution is 6.20. The first kappa shape index (κ1) is 11.4. The Morgan fingerprint density at radius 1 is 1.35 bits per heavy atom. The van der Waals surface area contributed by atoms with Crippen LogP contribution >= 0.6 is 0 Å². The molecule has 0 radical (unpaired) electrons. The molecule has 0 saturated heterocycles. The Kier molecular flexibility index (Phi) is 3.23. The number of nitrogens with zero attached hydrogens (tertiary/aromatic N) is 2. The average molecular weight is 230 g/mol. The van der Waals surface area contributed by atoms with Crippen molar-refractivity contribution in [2.75, 3.05) is 20.7 Å². The van der Waals surface area contributed by atoms with Gasteiger partial charge in [0.15, 0.2) is 0 Å². The molecule has 0 aromatic heterocycles. The highest BCUT2D eigenvalue weighted by atomic mass is 16.5. The first-order valence-electron chi connectivity index (χ1n) is 5.36. The fourth-order valence-corrected chi connectivity index (χ4v) is 1.62. The van der Waals surface area contributed by atoms with Gasteiger partial charge in [-0.2, -0.15) is 0 Å². The third-order valence-corrected chi connectivity index (χ3v) is 2.56. The third-order valence-electron chi connectivity index (χ3n) is 2.56. The van der Waals surface area contributed by atoms with Gasteiger partial charge in [0.2, 0.25) is 5.90 Å². The highest BCUT2D eigenvalue weighted by Gasteiger charge is 2.25. The molecule has 0 bridgehead atoms. The van der Waals surface area contributed by atoms with Crippen LogP contribution < -0.4 is 0 Å². The number of benzene rings is 1. The number of para-hydroxylation sites is 1. The number of amides is 1. The van der Waals surface area contributed by atoms with Crippen molar-refractivity contribution in [1.29, 1.82) is 0 Å². The number of aliphatic imine (C=N–C) groups is 1. The average Bonchev–Trinajstić information content (AvgIpc) is 2.69.